The van der Waals surface area contributed by atoms with Crippen molar-refractivity contribution in [2.75, 3.05) is 38.6 Å². The van der Waals surface area contributed by atoms with E-state index in [1.54, 1.807) is 0 Å². The molecule has 0 saturated carbocycles. The van der Waals surface area contributed by atoms with Gasteiger partial charge in [0.1, 0.15) is 5.69 Å². The molecule has 1 atom stereocenters. The monoisotopic (exact) mass is 342 g/mol. The summed E-state index contributed by atoms with van der Waals surface area (Å²) in [5.41, 5.74) is 0.290. The zero-order valence-corrected chi connectivity index (χ0v) is 14.3. The van der Waals surface area contributed by atoms with Gasteiger partial charge in [0.05, 0.1) is 9.82 Å². The Labute approximate surface area is 136 Å². The van der Waals surface area contributed by atoms with Crippen LogP contribution in [0.25, 0.3) is 0 Å². The van der Waals surface area contributed by atoms with Gasteiger partial charge in [0.15, 0.2) is 0 Å². The van der Waals surface area contributed by atoms with Gasteiger partial charge in [0.25, 0.3) is 5.69 Å². The molecule has 1 aromatic carbocycles. The summed E-state index contributed by atoms with van der Waals surface area (Å²) >= 11 is 0. The lowest BCUT2D eigenvalue weighted by atomic mass is 10.2. The molecule has 23 heavy (non-hydrogen) atoms. The van der Waals surface area contributed by atoms with Crippen LogP contribution in [0.3, 0.4) is 0 Å². The molecule has 1 aromatic rings. The van der Waals surface area contributed by atoms with Crippen LogP contribution in [0.5, 0.6) is 0 Å². The van der Waals surface area contributed by atoms with Gasteiger partial charge in [-0.05, 0) is 39.2 Å². The summed E-state index contributed by atoms with van der Waals surface area (Å²) in [4.78, 5) is 14.9. The summed E-state index contributed by atoms with van der Waals surface area (Å²) in [6, 6.07) is 4.40. The molecule has 0 radical (unpaired) electrons. The fourth-order valence-corrected chi connectivity index (χ4v) is 3.53. The second-order valence-corrected chi connectivity index (χ2v) is 7.46. The van der Waals surface area contributed by atoms with E-state index in [1.807, 2.05) is 11.9 Å². The molecule has 1 saturated heterocycles. The highest BCUT2D eigenvalue weighted by molar-refractivity contribution is 7.89. The SMILES string of the molecule is CCN(C)C1CCN(c2ccc(S(=O)(=O)NC)cc2[N+](=O)[O-])C1. The van der Waals surface area contributed by atoms with Crippen LogP contribution in [-0.2, 0) is 10.0 Å². The van der Waals surface area contributed by atoms with Crippen molar-refractivity contribution in [3.05, 3.63) is 28.3 Å². The predicted molar refractivity (Wildman–Crippen MR) is 88.3 cm³/mol. The lowest BCUT2D eigenvalue weighted by molar-refractivity contribution is -0.384. The van der Waals surface area contributed by atoms with Gasteiger partial charge in [0.2, 0.25) is 10.0 Å². The molecule has 1 aliphatic heterocycles. The second kappa shape index (κ2) is 6.81. The van der Waals surface area contributed by atoms with E-state index in [0.717, 1.165) is 19.0 Å². The minimum atomic E-state index is -3.70. The van der Waals surface area contributed by atoms with Crippen molar-refractivity contribution in [1.82, 2.24) is 9.62 Å². The highest BCUT2D eigenvalue weighted by Crippen LogP contribution is 2.33. The van der Waals surface area contributed by atoms with Gasteiger partial charge >= 0.3 is 0 Å². The van der Waals surface area contributed by atoms with E-state index in [4.69, 9.17) is 0 Å². The Morgan fingerprint density at radius 3 is 2.74 bits per heavy atom. The first-order valence-corrected chi connectivity index (χ1v) is 8.95. The Morgan fingerprint density at radius 1 is 1.48 bits per heavy atom. The zero-order valence-electron chi connectivity index (χ0n) is 13.5. The summed E-state index contributed by atoms with van der Waals surface area (Å²) < 4.78 is 25.8. The topological polar surface area (TPSA) is 95.8 Å². The van der Waals surface area contributed by atoms with Crippen molar-refractivity contribution in [3.63, 3.8) is 0 Å². The third kappa shape index (κ3) is 3.62. The second-order valence-electron chi connectivity index (χ2n) is 5.58. The van der Waals surface area contributed by atoms with Crippen molar-refractivity contribution in [2.45, 2.75) is 24.3 Å². The fourth-order valence-electron chi connectivity index (χ4n) is 2.78. The van der Waals surface area contributed by atoms with E-state index in [1.165, 1.54) is 19.2 Å². The third-order valence-corrected chi connectivity index (χ3v) is 5.76. The number of sulfonamides is 1. The first-order chi connectivity index (χ1) is 10.8. The molecule has 1 unspecified atom stereocenters. The molecule has 0 aliphatic carbocycles. The average Bonchev–Trinajstić information content (AvgIpc) is 3.03. The minimum absolute atomic E-state index is 0.100. The molecule has 1 N–H and O–H groups in total. The molecular weight excluding hydrogens is 320 g/mol. The van der Waals surface area contributed by atoms with Gasteiger partial charge in [-0.1, -0.05) is 6.92 Å². The largest absolute Gasteiger partial charge is 0.364 e. The number of hydrogen-bond acceptors (Lipinski definition) is 6. The molecule has 0 bridgehead atoms. The standard InChI is InChI=1S/C14H22N4O4S/c1-4-16(3)11-7-8-17(10-11)13-6-5-12(23(21,22)15-2)9-14(13)18(19)20/h5-6,9,11,15H,4,7-8,10H2,1-3H3. The van der Waals surface area contributed by atoms with Gasteiger partial charge in [-0.3, -0.25) is 10.1 Å². The maximum atomic E-state index is 11.8. The zero-order chi connectivity index (χ0) is 17.2. The first-order valence-electron chi connectivity index (χ1n) is 7.47. The quantitative estimate of drug-likeness (QED) is 0.613. The Morgan fingerprint density at radius 2 is 2.17 bits per heavy atom. The Kier molecular flexibility index (Phi) is 5.23. The van der Waals surface area contributed by atoms with Crippen molar-refractivity contribution in [1.29, 1.82) is 0 Å². The van der Waals surface area contributed by atoms with Crippen LogP contribution in [0.2, 0.25) is 0 Å². The highest BCUT2D eigenvalue weighted by atomic mass is 32.2. The van der Waals surface area contributed by atoms with Crippen LogP contribution in [0, 0.1) is 10.1 Å². The molecule has 0 spiro atoms. The Hall–Kier alpha value is -1.71. The number of nitro benzene ring substituents is 1. The normalized spacial score (nSPS) is 18.6. The molecule has 2 rings (SSSR count). The summed E-state index contributed by atoms with van der Waals surface area (Å²) in [6.07, 6.45) is 0.929. The van der Waals surface area contributed by atoms with Crippen LogP contribution in [0.4, 0.5) is 11.4 Å². The predicted octanol–water partition coefficient (Wildman–Crippen LogP) is 1.03. The molecular formula is C14H22N4O4S. The van der Waals surface area contributed by atoms with Crippen LogP contribution < -0.4 is 9.62 Å². The fraction of sp³-hybridized carbons (Fsp3) is 0.571. The molecule has 1 aliphatic rings. The van der Waals surface area contributed by atoms with Crippen LogP contribution in [0.15, 0.2) is 23.1 Å². The lowest BCUT2D eigenvalue weighted by Gasteiger charge is -2.24. The number of hydrogen-bond donors (Lipinski definition) is 1. The molecule has 0 aromatic heterocycles. The van der Waals surface area contributed by atoms with E-state index in [9.17, 15) is 18.5 Å². The molecule has 9 heteroatoms. The summed E-state index contributed by atoms with van der Waals surface area (Å²) in [5, 5.41) is 11.4. The molecule has 8 nitrogen and oxygen atoms in total. The van der Waals surface area contributed by atoms with Crippen LogP contribution in [-0.4, -0.2) is 58.0 Å². The Bertz CT molecular complexity index is 692. The number of nitrogens with zero attached hydrogens (tertiary/aromatic N) is 3. The van der Waals surface area contributed by atoms with E-state index in [-0.39, 0.29) is 10.6 Å². The number of nitro groups is 1. The van der Waals surface area contributed by atoms with Crippen LogP contribution in [0.1, 0.15) is 13.3 Å². The van der Waals surface area contributed by atoms with Gasteiger partial charge in [0, 0.05) is 25.2 Å². The van der Waals surface area contributed by atoms with Crippen molar-refractivity contribution in [3.8, 4) is 0 Å². The number of benzene rings is 1. The minimum Gasteiger partial charge on any atom is -0.364 e. The van der Waals surface area contributed by atoms with E-state index >= 15 is 0 Å². The van der Waals surface area contributed by atoms with Crippen molar-refractivity contribution >= 4 is 21.4 Å². The summed E-state index contributed by atoms with van der Waals surface area (Å²) in [5.74, 6) is 0. The summed E-state index contributed by atoms with van der Waals surface area (Å²) in [6.45, 7) is 4.40. The smallest absolute Gasteiger partial charge is 0.293 e. The van der Waals surface area contributed by atoms with Crippen molar-refractivity contribution in [2.24, 2.45) is 0 Å². The number of rotatable bonds is 6. The first kappa shape index (κ1) is 17.6. The average molecular weight is 342 g/mol. The highest BCUT2D eigenvalue weighted by Gasteiger charge is 2.30. The van der Waals surface area contributed by atoms with Crippen molar-refractivity contribution < 1.29 is 13.3 Å². The molecule has 1 fully saturated rings. The van der Waals surface area contributed by atoms with Crippen LogP contribution >= 0.6 is 0 Å². The van der Waals surface area contributed by atoms with Gasteiger partial charge in [-0.15, -0.1) is 0 Å². The van der Waals surface area contributed by atoms with E-state index < -0.39 is 14.9 Å². The van der Waals surface area contributed by atoms with Gasteiger partial charge in [-0.25, -0.2) is 13.1 Å². The number of likely N-dealkylation sites (N-methyl/N-ethyl adjacent to an activating group) is 1. The maximum absolute atomic E-state index is 11.8. The molecule has 1 heterocycles. The van der Waals surface area contributed by atoms with Gasteiger partial charge in [-0.2, -0.15) is 0 Å². The molecule has 128 valence electrons. The summed E-state index contributed by atoms with van der Waals surface area (Å²) in [7, 11) is -0.392. The van der Waals surface area contributed by atoms with E-state index in [0.29, 0.717) is 24.8 Å². The molecule has 0 amide bonds. The van der Waals surface area contributed by atoms with E-state index in [2.05, 4.69) is 16.5 Å². The number of nitrogens with one attached hydrogen (secondary N) is 1. The third-order valence-electron chi connectivity index (χ3n) is 4.35. The lowest BCUT2D eigenvalue weighted by Crippen LogP contribution is -2.34. The Balaban J connectivity index is 2.35. The number of anilines is 1. The maximum Gasteiger partial charge on any atom is 0.293 e. The van der Waals surface area contributed by atoms with Gasteiger partial charge < -0.3 is 9.80 Å².